The van der Waals surface area contributed by atoms with E-state index in [1.54, 1.807) is 35.1 Å². The molecule has 0 saturated heterocycles. The van der Waals surface area contributed by atoms with Crippen molar-refractivity contribution in [2.75, 3.05) is 7.05 Å². The normalized spacial score (nSPS) is 11.3. The first-order chi connectivity index (χ1) is 13.0. The Labute approximate surface area is 158 Å². The van der Waals surface area contributed by atoms with E-state index in [0.29, 0.717) is 17.7 Å². The number of hydrogen-bond acceptors (Lipinski definition) is 4. The van der Waals surface area contributed by atoms with E-state index in [1.165, 1.54) is 13.2 Å². The molecule has 0 radical (unpaired) electrons. The maximum absolute atomic E-state index is 12.3. The van der Waals surface area contributed by atoms with Gasteiger partial charge in [0.25, 0.3) is 5.91 Å². The summed E-state index contributed by atoms with van der Waals surface area (Å²) in [6.45, 7) is 0.342. The molecule has 0 spiro atoms. The van der Waals surface area contributed by atoms with E-state index in [2.05, 4.69) is 15.1 Å². The molecule has 3 rings (SSSR count). The van der Waals surface area contributed by atoms with Crippen LogP contribution in [0, 0.1) is 0 Å². The van der Waals surface area contributed by atoms with Crippen LogP contribution in [0.3, 0.4) is 0 Å². The summed E-state index contributed by atoms with van der Waals surface area (Å²) in [5.74, 6) is -0.298. The Morgan fingerprint density at radius 1 is 1.04 bits per heavy atom. The fraction of sp³-hybridized carbons (Fsp3) is 0.158. The quantitative estimate of drug-likeness (QED) is 0.650. The van der Waals surface area contributed by atoms with Crippen LogP contribution in [-0.2, 0) is 22.3 Å². The van der Waals surface area contributed by atoms with Gasteiger partial charge in [-0.25, -0.2) is 17.8 Å². The molecule has 2 aromatic carbocycles. The van der Waals surface area contributed by atoms with Gasteiger partial charge in [0.05, 0.1) is 23.2 Å². The minimum Gasteiger partial charge on any atom is -0.348 e. The fourth-order valence-corrected chi connectivity index (χ4v) is 3.27. The molecule has 1 aromatic heterocycles. The number of hydrogen-bond donors (Lipinski definition) is 2. The Morgan fingerprint density at radius 2 is 1.70 bits per heavy atom. The molecule has 0 bridgehead atoms. The average molecular weight is 384 g/mol. The summed E-state index contributed by atoms with van der Waals surface area (Å²) in [6, 6.07) is 16.6. The lowest BCUT2D eigenvalue weighted by Crippen LogP contribution is -2.22. The number of rotatable bonds is 7. The molecular formula is C19H20N4O3S. The van der Waals surface area contributed by atoms with Gasteiger partial charge in [-0.2, -0.15) is 5.10 Å². The Balaban J connectivity index is 1.59. The Kier molecular flexibility index (Phi) is 5.68. The zero-order valence-electron chi connectivity index (χ0n) is 14.8. The molecule has 0 saturated carbocycles. The van der Waals surface area contributed by atoms with Crippen LogP contribution in [0.5, 0.6) is 0 Å². The number of carbonyl (C=O) groups excluding carboxylic acids is 1. The van der Waals surface area contributed by atoms with Crippen LogP contribution < -0.4 is 10.0 Å². The summed E-state index contributed by atoms with van der Waals surface area (Å²) in [4.78, 5) is 12.3. The van der Waals surface area contributed by atoms with Gasteiger partial charge < -0.3 is 5.32 Å². The molecule has 140 valence electrons. The van der Waals surface area contributed by atoms with E-state index in [9.17, 15) is 13.2 Å². The maximum atomic E-state index is 12.3. The third kappa shape index (κ3) is 5.02. The molecule has 8 heteroatoms. The van der Waals surface area contributed by atoms with Crippen LogP contribution in [0.2, 0.25) is 0 Å². The van der Waals surface area contributed by atoms with Gasteiger partial charge in [-0.15, -0.1) is 0 Å². The highest BCUT2D eigenvalue weighted by atomic mass is 32.2. The van der Waals surface area contributed by atoms with E-state index >= 15 is 0 Å². The highest BCUT2D eigenvalue weighted by Gasteiger charge is 2.10. The monoisotopic (exact) mass is 384 g/mol. The number of carbonyl (C=O) groups is 1. The second kappa shape index (κ2) is 8.15. The van der Waals surface area contributed by atoms with Gasteiger partial charge in [-0.3, -0.25) is 4.79 Å². The summed E-state index contributed by atoms with van der Waals surface area (Å²) in [7, 11) is -1.91. The molecule has 1 amide bonds. The zero-order chi connectivity index (χ0) is 19.3. The molecule has 3 aromatic rings. The van der Waals surface area contributed by atoms with Crippen molar-refractivity contribution in [1.29, 1.82) is 0 Å². The lowest BCUT2D eigenvalue weighted by Gasteiger charge is -2.06. The van der Waals surface area contributed by atoms with E-state index in [4.69, 9.17) is 0 Å². The minimum atomic E-state index is -3.30. The molecule has 0 aliphatic heterocycles. The lowest BCUT2D eigenvalue weighted by atomic mass is 10.1. The smallest absolute Gasteiger partial charge is 0.254 e. The largest absolute Gasteiger partial charge is 0.348 e. The van der Waals surface area contributed by atoms with E-state index in [1.807, 2.05) is 30.3 Å². The van der Waals surface area contributed by atoms with Gasteiger partial charge >= 0.3 is 0 Å². The molecule has 0 unspecified atom stereocenters. The molecule has 7 nitrogen and oxygen atoms in total. The minimum absolute atomic E-state index is 0.0746. The number of sulfonamides is 1. The van der Waals surface area contributed by atoms with Crippen LogP contribution >= 0.6 is 0 Å². The van der Waals surface area contributed by atoms with E-state index in [0.717, 1.165) is 11.3 Å². The highest BCUT2D eigenvalue weighted by Crippen LogP contribution is 2.10. The van der Waals surface area contributed by atoms with Gasteiger partial charge in [-0.1, -0.05) is 42.5 Å². The second-order valence-corrected chi connectivity index (χ2v) is 7.90. The van der Waals surface area contributed by atoms with Crippen molar-refractivity contribution < 1.29 is 13.2 Å². The highest BCUT2D eigenvalue weighted by molar-refractivity contribution is 7.88. The summed E-state index contributed by atoms with van der Waals surface area (Å²) in [6.07, 6.45) is 3.20. The summed E-state index contributed by atoms with van der Waals surface area (Å²) in [5, 5.41) is 7.05. The number of aromatic nitrogens is 2. The summed E-state index contributed by atoms with van der Waals surface area (Å²) in [5.41, 5.74) is 2.91. The number of para-hydroxylation sites is 1. The van der Waals surface area contributed by atoms with Crippen molar-refractivity contribution in [3.63, 3.8) is 0 Å². The summed E-state index contributed by atoms with van der Waals surface area (Å²) >= 11 is 0. The van der Waals surface area contributed by atoms with Crippen LogP contribution in [0.15, 0.2) is 67.0 Å². The predicted molar refractivity (Wildman–Crippen MR) is 103 cm³/mol. The lowest BCUT2D eigenvalue weighted by molar-refractivity contribution is 0.0951. The maximum Gasteiger partial charge on any atom is 0.254 e. The first-order valence-electron chi connectivity index (χ1n) is 8.34. The first-order valence-corrected chi connectivity index (χ1v) is 9.99. The summed E-state index contributed by atoms with van der Waals surface area (Å²) < 4.78 is 27.0. The van der Waals surface area contributed by atoms with Gasteiger partial charge in [0.15, 0.2) is 0 Å². The van der Waals surface area contributed by atoms with Crippen molar-refractivity contribution >= 4 is 15.9 Å². The van der Waals surface area contributed by atoms with Crippen molar-refractivity contribution in [3.8, 4) is 5.69 Å². The molecule has 0 aliphatic rings. The fourth-order valence-electron chi connectivity index (χ4n) is 2.49. The number of nitrogens with one attached hydrogen (secondary N) is 2. The van der Waals surface area contributed by atoms with Crippen LogP contribution in [0.25, 0.3) is 5.69 Å². The SMILES string of the molecule is CNS(=O)(=O)Cc1ccc(CNC(=O)c2cnn(-c3ccccc3)c2)cc1. The van der Waals surface area contributed by atoms with Crippen molar-refractivity contribution in [2.45, 2.75) is 12.3 Å². The van der Waals surface area contributed by atoms with Gasteiger partial charge in [0.1, 0.15) is 0 Å². The molecule has 0 aliphatic carbocycles. The molecule has 0 fully saturated rings. The molecule has 0 atom stereocenters. The molecule has 27 heavy (non-hydrogen) atoms. The van der Waals surface area contributed by atoms with Crippen LogP contribution in [-0.4, -0.2) is 31.2 Å². The number of amides is 1. The van der Waals surface area contributed by atoms with E-state index in [-0.39, 0.29) is 11.7 Å². The Morgan fingerprint density at radius 3 is 2.37 bits per heavy atom. The number of benzene rings is 2. The Bertz CT molecular complexity index is 1010. The molecule has 2 N–H and O–H groups in total. The topological polar surface area (TPSA) is 93.1 Å². The average Bonchev–Trinajstić information content (AvgIpc) is 3.18. The van der Waals surface area contributed by atoms with Crippen LogP contribution in [0.1, 0.15) is 21.5 Å². The van der Waals surface area contributed by atoms with Gasteiger partial charge in [-0.05, 0) is 30.3 Å². The Hall–Kier alpha value is -2.97. The van der Waals surface area contributed by atoms with Gasteiger partial charge in [0.2, 0.25) is 10.0 Å². The third-order valence-electron chi connectivity index (χ3n) is 4.01. The van der Waals surface area contributed by atoms with Crippen molar-refractivity contribution in [3.05, 3.63) is 83.7 Å². The predicted octanol–water partition coefficient (Wildman–Crippen LogP) is 1.85. The van der Waals surface area contributed by atoms with Crippen molar-refractivity contribution in [2.24, 2.45) is 0 Å². The van der Waals surface area contributed by atoms with Gasteiger partial charge in [0, 0.05) is 12.7 Å². The third-order valence-corrected chi connectivity index (χ3v) is 5.34. The van der Waals surface area contributed by atoms with E-state index < -0.39 is 10.0 Å². The first kappa shape index (κ1) is 18.8. The standard InChI is InChI=1S/C19H20N4O3S/c1-20-27(25,26)14-16-9-7-15(8-10-16)11-21-19(24)17-12-22-23(13-17)18-5-3-2-4-6-18/h2-10,12-13,20H,11,14H2,1H3,(H,21,24). The molecule has 1 heterocycles. The zero-order valence-corrected chi connectivity index (χ0v) is 15.6. The number of nitrogens with zero attached hydrogens (tertiary/aromatic N) is 2. The second-order valence-electron chi connectivity index (χ2n) is 5.97. The molecular weight excluding hydrogens is 364 g/mol. The van der Waals surface area contributed by atoms with Crippen molar-refractivity contribution in [1.82, 2.24) is 19.8 Å². The van der Waals surface area contributed by atoms with Crippen LogP contribution in [0.4, 0.5) is 0 Å².